The van der Waals surface area contributed by atoms with E-state index in [0.717, 1.165) is 25.6 Å². The molecule has 0 aromatic heterocycles. The predicted molar refractivity (Wildman–Crippen MR) is 59.4 cm³/mol. The molecule has 1 aliphatic heterocycles. The van der Waals surface area contributed by atoms with Gasteiger partial charge in [0.15, 0.2) is 0 Å². The summed E-state index contributed by atoms with van der Waals surface area (Å²) in [6.07, 6.45) is 2.39. The number of hydrogen-bond donors (Lipinski definition) is 1. The molecule has 0 saturated carbocycles. The van der Waals surface area contributed by atoms with Gasteiger partial charge in [0.25, 0.3) is 0 Å². The van der Waals surface area contributed by atoms with E-state index >= 15 is 0 Å². The van der Waals surface area contributed by atoms with E-state index in [0.29, 0.717) is 0 Å². The van der Waals surface area contributed by atoms with Gasteiger partial charge >= 0.3 is 0 Å². The summed E-state index contributed by atoms with van der Waals surface area (Å²) in [6.45, 7) is 6.23. The first-order chi connectivity index (χ1) is 6.58. The van der Waals surface area contributed by atoms with Gasteiger partial charge in [-0.05, 0) is 52.9 Å². The molecule has 0 aliphatic carbocycles. The number of β-amino-alcohol motifs (C(OH)–C–C–N with tert-alkyl or cyclic N) is 1. The number of aliphatic hydroxyl groups is 1. The Morgan fingerprint density at radius 2 is 1.93 bits per heavy atom. The zero-order chi connectivity index (χ0) is 10.6. The first-order valence-corrected chi connectivity index (χ1v) is 5.63. The van der Waals surface area contributed by atoms with Crippen LogP contribution in [-0.4, -0.2) is 61.3 Å². The SMILES string of the molecule is C[C@H](O)CN1CCC(CN(C)C)CC1. The van der Waals surface area contributed by atoms with Crippen LogP contribution in [0.15, 0.2) is 0 Å². The molecule has 3 nitrogen and oxygen atoms in total. The molecule has 1 saturated heterocycles. The molecule has 1 rings (SSSR count). The molecule has 3 heteroatoms. The van der Waals surface area contributed by atoms with E-state index in [1.807, 2.05) is 6.92 Å². The van der Waals surface area contributed by atoms with E-state index < -0.39 is 0 Å². The third-order valence-electron chi connectivity index (χ3n) is 2.85. The van der Waals surface area contributed by atoms with Crippen molar-refractivity contribution in [2.24, 2.45) is 5.92 Å². The van der Waals surface area contributed by atoms with Crippen LogP contribution in [0, 0.1) is 5.92 Å². The first kappa shape index (κ1) is 12.0. The molecule has 0 bridgehead atoms. The summed E-state index contributed by atoms with van der Waals surface area (Å²) in [7, 11) is 4.28. The minimum atomic E-state index is -0.180. The Balaban J connectivity index is 2.17. The van der Waals surface area contributed by atoms with Gasteiger partial charge in [0, 0.05) is 13.1 Å². The molecule has 0 aromatic carbocycles. The zero-order valence-corrected chi connectivity index (χ0v) is 9.74. The van der Waals surface area contributed by atoms with Crippen LogP contribution in [0.3, 0.4) is 0 Å². The van der Waals surface area contributed by atoms with Crippen LogP contribution in [0.5, 0.6) is 0 Å². The van der Waals surface area contributed by atoms with Crippen molar-refractivity contribution in [1.29, 1.82) is 0 Å². The molecule has 0 unspecified atom stereocenters. The van der Waals surface area contributed by atoms with Gasteiger partial charge in [0.2, 0.25) is 0 Å². The highest BCUT2D eigenvalue weighted by Gasteiger charge is 2.19. The molecule has 1 fully saturated rings. The maximum Gasteiger partial charge on any atom is 0.0639 e. The van der Waals surface area contributed by atoms with Crippen molar-refractivity contribution in [2.75, 3.05) is 40.3 Å². The molecule has 1 aliphatic rings. The second-order valence-corrected chi connectivity index (χ2v) is 4.86. The van der Waals surface area contributed by atoms with E-state index in [4.69, 9.17) is 0 Å². The average Bonchev–Trinajstić information content (AvgIpc) is 2.06. The van der Waals surface area contributed by atoms with Crippen LogP contribution < -0.4 is 0 Å². The third kappa shape index (κ3) is 4.40. The Kier molecular flexibility index (Phi) is 4.85. The lowest BCUT2D eigenvalue weighted by Gasteiger charge is -2.33. The van der Waals surface area contributed by atoms with Gasteiger partial charge in [-0.1, -0.05) is 0 Å². The van der Waals surface area contributed by atoms with E-state index in [9.17, 15) is 5.11 Å². The van der Waals surface area contributed by atoms with Crippen molar-refractivity contribution in [3.8, 4) is 0 Å². The molecule has 0 aromatic rings. The zero-order valence-electron chi connectivity index (χ0n) is 9.74. The number of rotatable bonds is 4. The fourth-order valence-electron chi connectivity index (χ4n) is 2.24. The van der Waals surface area contributed by atoms with E-state index in [1.165, 1.54) is 19.4 Å². The average molecular weight is 200 g/mol. The summed E-state index contributed by atoms with van der Waals surface area (Å²) in [4.78, 5) is 4.64. The molecule has 1 atom stereocenters. The van der Waals surface area contributed by atoms with Crippen molar-refractivity contribution in [3.05, 3.63) is 0 Å². The Labute approximate surface area is 87.7 Å². The topological polar surface area (TPSA) is 26.7 Å². The monoisotopic (exact) mass is 200 g/mol. The quantitative estimate of drug-likeness (QED) is 0.721. The summed E-state index contributed by atoms with van der Waals surface area (Å²) < 4.78 is 0. The maximum atomic E-state index is 9.27. The lowest BCUT2D eigenvalue weighted by molar-refractivity contribution is 0.0946. The van der Waals surface area contributed by atoms with Crippen LogP contribution in [-0.2, 0) is 0 Å². The summed E-state index contributed by atoms with van der Waals surface area (Å²) in [5.41, 5.74) is 0. The van der Waals surface area contributed by atoms with E-state index in [2.05, 4.69) is 23.9 Å². The van der Waals surface area contributed by atoms with Gasteiger partial charge in [0.1, 0.15) is 0 Å². The standard InChI is InChI=1S/C11H24N2O/c1-10(14)8-13-6-4-11(5-7-13)9-12(2)3/h10-11,14H,4-9H2,1-3H3/t10-/m0/s1. The molecular formula is C11H24N2O. The van der Waals surface area contributed by atoms with E-state index in [1.54, 1.807) is 0 Å². The second kappa shape index (κ2) is 5.69. The third-order valence-corrected chi connectivity index (χ3v) is 2.85. The molecule has 1 N–H and O–H groups in total. The van der Waals surface area contributed by atoms with Gasteiger partial charge in [-0.25, -0.2) is 0 Å². The van der Waals surface area contributed by atoms with Crippen molar-refractivity contribution in [2.45, 2.75) is 25.9 Å². The molecule has 14 heavy (non-hydrogen) atoms. The minimum absolute atomic E-state index is 0.180. The number of likely N-dealkylation sites (tertiary alicyclic amines) is 1. The fourth-order valence-corrected chi connectivity index (χ4v) is 2.24. The van der Waals surface area contributed by atoms with Gasteiger partial charge in [0.05, 0.1) is 6.10 Å². The lowest BCUT2D eigenvalue weighted by atomic mass is 9.96. The highest BCUT2D eigenvalue weighted by Crippen LogP contribution is 2.17. The van der Waals surface area contributed by atoms with Gasteiger partial charge in [-0.2, -0.15) is 0 Å². The van der Waals surface area contributed by atoms with Crippen molar-refractivity contribution in [3.63, 3.8) is 0 Å². The van der Waals surface area contributed by atoms with Crippen LogP contribution >= 0.6 is 0 Å². The lowest BCUT2D eigenvalue weighted by Crippen LogP contribution is -2.40. The van der Waals surface area contributed by atoms with Crippen LogP contribution in [0.1, 0.15) is 19.8 Å². The summed E-state index contributed by atoms with van der Waals surface area (Å²) >= 11 is 0. The first-order valence-electron chi connectivity index (χ1n) is 5.63. The number of piperidine rings is 1. The molecular weight excluding hydrogens is 176 g/mol. The Morgan fingerprint density at radius 1 is 1.36 bits per heavy atom. The highest BCUT2D eigenvalue weighted by atomic mass is 16.3. The van der Waals surface area contributed by atoms with Crippen LogP contribution in [0.4, 0.5) is 0 Å². The fraction of sp³-hybridized carbons (Fsp3) is 1.00. The number of hydrogen-bond acceptors (Lipinski definition) is 3. The summed E-state index contributed by atoms with van der Waals surface area (Å²) in [5, 5.41) is 9.27. The van der Waals surface area contributed by atoms with Crippen molar-refractivity contribution < 1.29 is 5.11 Å². The highest BCUT2D eigenvalue weighted by molar-refractivity contribution is 4.74. The Hall–Kier alpha value is -0.120. The Bertz CT molecular complexity index is 133. The van der Waals surface area contributed by atoms with Gasteiger partial charge < -0.3 is 14.9 Å². The predicted octanol–water partition coefficient (Wildman–Crippen LogP) is 0.641. The normalized spacial score (nSPS) is 22.9. The van der Waals surface area contributed by atoms with Gasteiger partial charge in [-0.15, -0.1) is 0 Å². The molecule has 0 amide bonds. The smallest absolute Gasteiger partial charge is 0.0639 e. The van der Waals surface area contributed by atoms with Crippen LogP contribution in [0.2, 0.25) is 0 Å². The maximum absolute atomic E-state index is 9.27. The number of aliphatic hydroxyl groups excluding tert-OH is 1. The summed E-state index contributed by atoms with van der Waals surface area (Å²) in [6, 6.07) is 0. The molecule has 0 spiro atoms. The minimum Gasteiger partial charge on any atom is -0.392 e. The second-order valence-electron chi connectivity index (χ2n) is 4.86. The molecule has 84 valence electrons. The molecule has 1 heterocycles. The number of nitrogens with zero attached hydrogens (tertiary/aromatic N) is 2. The van der Waals surface area contributed by atoms with Crippen LogP contribution in [0.25, 0.3) is 0 Å². The van der Waals surface area contributed by atoms with Gasteiger partial charge in [-0.3, -0.25) is 0 Å². The van der Waals surface area contributed by atoms with Crippen molar-refractivity contribution in [1.82, 2.24) is 9.80 Å². The van der Waals surface area contributed by atoms with Crippen molar-refractivity contribution >= 4 is 0 Å². The Morgan fingerprint density at radius 3 is 2.36 bits per heavy atom. The molecule has 0 radical (unpaired) electrons. The largest absolute Gasteiger partial charge is 0.392 e. The summed E-state index contributed by atoms with van der Waals surface area (Å²) in [5.74, 6) is 0.857. The van der Waals surface area contributed by atoms with E-state index in [-0.39, 0.29) is 6.10 Å².